The lowest BCUT2D eigenvalue weighted by Crippen LogP contribution is -2.20. The fraction of sp³-hybridized carbons (Fsp3) is 0.0476. The maximum atomic E-state index is 12.1. The molecular weight excluding hydrogens is 535 g/mol. The SMILES string of the molecule is O=C(COc1ccccc1)Nc1ccc2oc(-c3cc(I)ccc3Br)nc2c1. The van der Waals surface area contributed by atoms with Crippen molar-refractivity contribution < 1.29 is 13.9 Å². The Labute approximate surface area is 183 Å². The zero-order valence-corrected chi connectivity index (χ0v) is 18.2. The van der Waals surface area contributed by atoms with E-state index in [9.17, 15) is 4.79 Å². The molecule has 0 unspecified atom stereocenters. The Kier molecular flexibility index (Phi) is 5.63. The smallest absolute Gasteiger partial charge is 0.262 e. The Morgan fingerprint density at radius 1 is 1.11 bits per heavy atom. The van der Waals surface area contributed by atoms with Gasteiger partial charge in [-0.25, -0.2) is 4.98 Å². The molecule has 0 aliphatic heterocycles. The number of ether oxygens (including phenoxy) is 1. The molecule has 0 radical (unpaired) electrons. The first-order valence-corrected chi connectivity index (χ1v) is 10.3. The molecule has 0 saturated heterocycles. The van der Waals surface area contributed by atoms with E-state index in [0.29, 0.717) is 28.4 Å². The molecule has 7 heteroatoms. The van der Waals surface area contributed by atoms with Gasteiger partial charge in [-0.1, -0.05) is 18.2 Å². The Hall–Kier alpha value is -2.39. The number of fused-ring (bicyclic) bond motifs is 1. The summed E-state index contributed by atoms with van der Waals surface area (Å²) >= 11 is 5.78. The molecule has 28 heavy (non-hydrogen) atoms. The Morgan fingerprint density at radius 2 is 1.93 bits per heavy atom. The second-order valence-electron chi connectivity index (χ2n) is 5.98. The van der Waals surface area contributed by atoms with E-state index < -0.39 is 0 Å². The van der Waals surface area contributed by atoms with Gasteiger partial charge in [0.05, 0.1) is 5.56 Å². The van der Waals surface area contributed by atoms with Gasteiger partial charge in [0.2, 0.25) is 5.89 Å². The average molecular weight is 549 g/mol. The summed E-state index contributed by atoms with van der Waals surface area (Å²) in [5.41, 5.74) is 2.84. The quantitative estimate of drug-likeness (QED) is 0.316. The number of nitrogens with zero attached hydrogens (tertiary/aromatic N) is 1. The topological polar surface area (TPSA) is 64.4 Å². The van der Waals surface area contributed by atoms with E-state index in [2.05, 4.69) is 48.8 Å². The average Bonchev–Trinajstić information content (AvgIpc) is 3.12. The first-order valence-electron chi connectivity index (χ1n) is 8.42. The van der Waals surface area contributed by atoms with E-state index in [-0.39, 0.29) is 12.5 Å². The third-order valence-corrected chi connectivity index (χ3v) is 5.31. The number of nitrogens with one attached hydrogen (secondary N) is 1. The zero-order chi connectivity index (χ0) is 19.5. The number of para-hydroxylation sites is 1. The van der Waals surface area contributed by atoms with Crippen molar-refractivity contribution in [1.29, 1.82) is 0 Å². The summed E-state index contributed by atoms with van der Waals surface area (Å²) in [5.74, 6) is 0.931. The standard InChI is InChI=1S/C21H14BrIN2O3/c22-17-8-6-13(23)10-16(17)21-25-18-11-14(7-9-19(18)28-21)24-20(26)12-27-15-4-2-1-3-5-15/h1-11H,12H2,(H,24,26). The number of anilines is 1. The molecule has 1 amide bonds. The summed E-state index contributed by atoms with van der Waals surface area (Å²) in [6.07, 6.45) is 0. The van der Waals surface area contributed by atoms with Crippen molar-refractivity contribution in [1.82, 2.24) is 4.98 Å². The predicted octanol–water partition coefficient (Wildman–Crippen LogP) is 5.88. The van der Waals surface area contributed by atoms with E-state index in [0.717, 1.165) is 13.6 Å². The number of benzene rings is 3. The van der Waals surface area contributed by atoms with Crippen LogP contribution in [0.25, 0.3) is 22.6 Å². The molecule has 0 atom stereocenters. The van der Waals surface area contributed by atoms with E-state index in [1.807, 2.05) is 36.4 Å². The Balaban J connectivity index is 1.50. The van der Waals surface area contributed by atoms with Crippen LogP contribution in [0.4, 0.5) is 5.69 Å². The molecule has 0 bridgehead atoms. The number of hydrogen-bond donors (Lipinski definition) is 1. The van der Waals surface area contributed by atoms with E-state index in [4.69, 9.17) is 9.15 Å². The van der Waals surface area contributed by atoms with Gasteiger partial charge in [-0.3, -0.25) is 4.79 Å². The lowest BCUT2D eigenvalue weighted by Gasteiger charge is -2.07. The lowest BCUT2D eigenvalue weighted by molar-refractivity contribution is -0.118. The third kappa shape index (κ3) is 4.36. The predicted molar refractivity (Wildman–Crippen MR) is 120 cm³/mol. The van der Waals surface area contributed by atoms with Crippen LogP contribution in [0.15, 0.2) is 75.6 Å². The minimum atomic E-state index is -0.243. The van der Waals surface area contributed by atoms with Crippen molar-refractivity contribution in [2.45, 2.75) is 0 Å². The molecule has 1 aromatic heterocycles. The van der Waals surface area contributed by atoms with Crippen LogP contribution < -0.4 is 10.1 Å². The minimum absolute atomic E-state index is 0.0679. The van der Waals surface area contributed by atoms with Crippen LogP contribution in [0.3, 0.4) is 0 Å². The van der Waals surface area contributed by atoms with Gasteiger partial charge in [0.25, 0.3) is 5.91 Å². The lowest BCUT2D eigenvalue weighted by atomic mass is 10.2. The molecule has 0 spiro atoms. The van der Waals surface area contributed by atoms with Gasteiger partial charge in [0.15, 0.2) is 12.2 Å². The highest BCUT2D eigenvalue weighted by Crippen LogP contribution is 2.32. The first kappa shape index (κ1) is 18.9. The van der Waals surface area contributed by atoms with Crippen molar-refractivity contribution in [2.75, 3.05) is 11.9 Å². The molecule has 3 aromatic carbocycles. The second-order valence-corrected chi connectivity index (χ2v) is 8.08. The van der Waals surface area contributed by atoms with Crippen molar-refractivity contribution in [2.24, 2.45) is 0 Å². The molecule has 4 rings (SSSR count). The number of hydrogen-bond acceptors (Lipinski definition) is 4. The normalized spacial score (nSPS) is 10.8. The van der Waals surface area contributed by atoms with Gasteiger partial charge in [-0.15, -0.1) is 0 Å². The molecule has 0 saturated carbocycles. The summed E-state index contributed by atoms with van der Waals surface area (Å²) in [7, 11) is 0. The molecule has 0 fully saturated rings. The molecule has 140 valence electrons. The van der Waals surface area contributed by atoms with E-state index in [1.165, 1.54) is 0 Å². The van der Waals surface area contributed by atoms with Crippen molar-refractivity contribution in [3.8, 4) is 17.2 Å². The van der Waals surface area contributed by atoms with Crippen LogP contribution in [-0.2, 0) is 4.79 Å². The van der Waals surface area contributed by atoms with Crippen molar-refractivity contribution >= 4 is 61.2 Å². The summed E-state index contributed by atoms with van der Waals surface area (Å²) in [6.45, 7) is -0.0679. The largest absolute Gasteiger partial charge is 0.484 e. The highest BCUT2D eigenvalue weighted by atomic mass is 127. The summed E-state index contributed by atoms with van der Waals surface area (Å²) < 4.78 is 13.3. The number of carbonyl (C=O) groups is 1. The van der Waals surface area contributed by atoms with Crippen LogP contribution in [0, 0.1) is 3.57 Å². The molecule has 1 heterocycles. The van der Waals surface area contributed by atoms with Gasteiger partial charge in [-0.2, -0.15) is 0 Å². The summed E-state index contributed by atoms with van der Waals surface area (Å²) in [4.78, 5) is 16.7. The number of oxazole rings is 1. The number of carbonyl (C=O) groups excluding carboxylic acids is 1. The van der Waals surface area contributed by atoms with Crippen LogP contribution in [0.5, 0.6) is 5.75 Å². The zero-order valence-electron chi connectivity index (χ0n) is 14.5. The maximum Gasteiger partial charge on any atom is 0.262 e. The number of rotatable bonds is 5. The van der Waals surface area contributed by atoms with Crippen LogP contribution >= 0.6 is 38.5 Å². The fourth-order valence-electron chi connectivity index (χ4n) is 2.64. The second kappa shape index (κ2) is 8.32. The van der Waals surface area contributed by atoms with Gasteiger partial charge >= 0.3 is 0 Å². The van der Waals surface area contributed by atoms with E-state index in [1.54, 1.807) is 30.3 Å². The molecule has 0 aliphatic rings. The summed E-state index contributed by atoms with van der Waals surface area (Å²) in [5, 5.41) is 2.82. The maximum absolute atomic E-state index is 12.1. The van der Waals surface area contributed by atoms with Gasteiger partial charge in [0, 0.05) is 13.7 Å². The fourth-order valence-corrected chi connectivity index (χ4v) is 3.55. The monoisotopic (exact) mass is 548 g/mol. The third-order valence-electron chi connectivity index (χ3n) is 3.94. The molecule has 5 nitrogen and oxygen atoms in total. The first-order chi connectivity index (χ1) is 13.6. The highest BCUT2D eigenvalue weighted by Gasteiger charge is 2.13. The van der Waals surface area contributed by atoms with Gasteiger partial charge in [-0.05, 0) is 87.1 Å². The molecule has 1 N–H and O–H groups in total. The van der Waals surface area contributed by atoms with E-state index >= 15 is 0 Å². The van der Waals surface area contributed by atoms with Crippen molar-refractivity contribution in [3.05, 3.63) is 74.8 Å². The highest BCUT2D eigenvalue weighted by molar-refractivity contribution is 14.1. The number of halogens is 2. The number of aromatic nitrogens is 1. The Morgan fingerprint density at radius 3 is 2.75 bits per heavy atom. The van der Waals surface area contributed by atoms with Gasteiger partial charge < -0.3 is 14.5 Å². The number of amides is 1. The molecule has 0 aliphatic carbocycles. The molecular formula is C21H14BrIN2O3. The minimum Gasteiger partial charge on any atom is -0.484 e. The Bertz CT molecular complexity index is 1150. The van der Waals surface area contributed by atoms with Crippen LogP contribution in [-0.4, -0.2) is 17.5 Å². The van der Waals surface area contributed by atoms with Crippen molar-refractivity contribution in [3.63, 3.8) is 0 Å². The summed E-state index contributed by atoms with van der Waals surface area (Å²) in [6, 6.07) is 20.5. The van der Waals surface area contributed by atoms with Crippen LogP contribution in [0.1, 0.15) is 0 Å². The van der Waals surface area contributed by atoms with Gasteiger partial charge in [0.1, 0.15) is 11.3 Å². The van der Waals surface area contributed by atoms with Crippen LogP contribution in [0.2, 0.25) is 0 Å². The molecule has 4 aromatic rings.